The van der Waals surface area contributed by atoms with Crippen LogP contribution in [0.5, 0.6) is 5.75 Å². The van der Waals surface area contributed by atoms with Crippen molar-refractivity contribution >= 4 is 5.82 Å². The Balaban J connectivity index is 2.06. The van der Waals surface area contributed by atoms with E-state index in [-0.39, 0.29) is 0 Å². The van der Waals surface area contributed by atoms with E-state index in [1.807, 2.05) is 18.2 Å². The second-order valence-electron chi connectivity index (χ2n) is 4.48. The Labute approximate surface area is 107 Å². The molecule has 18 heavy (non-hydrogen) atoms. The smallest absolute Gasteiger partial charge is 0.274 e. The maximum Gasteiger partial charge on any atom is 0.274 e. The van der Waals surface area contributed by atoms with Crippen LogP contribution in [-0.4, -0.2) is 13.7 Å². The van der Waals surface area contributed by atoms with Gasteiger partial charge in [-0.1, -0.05) is 18.2 Å². The van der Waals surface area contributed by atoms with Crippen LogP contribution in [0.15, 0.2) is 42.6 Å². The molecule has 0 unspecified atom stereocenters. The van der Waals surface area contributed by atoms with E-state index in [9.17, 15) is 0 Å². The highest BCUT2D eigenvalue weighted by Crippen LogP contribution is 2.29. The lowest BCUT2D eigenvalue weighted by molar-refractivity contribution is -0.686. The highest BCUT2D eigenvalue weighted by molar-refractivity contribution is 5.69. The van der Waals surface area contributed by atoms with Crippen molar-refractivity contribution in [1.82, 2.24) is 0 Å². The van der Waals surface area contributed by atoms with Crippen molar-refractivity contribution in [3.8, 4) is 16.9 Å². The first-order valence-corrected chi connectivity index (χ1v) is 6.29. The van der Waals surface area contributed by atoms with E-state index in [4.69, 9.17) is 4.74 Å². The maximum absolute atomic E-state index is 5.42. The topological polar surface area (TPSA) is 25.1 Å². The molecule has 0 aliphatic carbocycles. The second kappa shape index (κ2) is 4.69. The normalized spacial score (nSPS) is 13.6. The van der Waals surface area contributed by atoms with E-state index in [1.165, 1.54) is 17.8 Å². The van der Waals surface area contributed by atoms with Crippen LogP contribution >= 0.6 is 0 Å². The van der Waals surface area contributed by atoms with Crippen LogP contribution in [0.2, 0.25) is 0 Å². The van der Waals surface area contributed by atoms with Crippen molar-refractivity contribution in [2.24, 2.45) is 0 Å². The molecule has 1 N–H and O–H groups in total. The molecule has 0 bridgehead atoms. The van der Waals surface area contributed by atoms with Crippen LogP contribution in [-0.2, 0) is 6.54 Å². The molecular formula is C15H17N2O+. The lowest BCUT2D eigenvalue weighted by Gasteiger charge is -2.14. The number of benzene rings is 1. The Morgan fingerprint density at radius 1 is 1.17 bits per heavy atom. The molecule has 92 valence electrons. The van der Waals surface area contributed by atoms with Crippen LogP contribution < -0.4 is 14.6 Å². The fourth-order valence-electron chi connectivity index (χ4n) is 2.40. The lowest BCUT2D eigenvalue weighted by Crippen LogP contribution is -2.42. The fourth-order valence-corrected chi connectivity index (χ4v) is 2.40. The molecule has 1 aromatic carbocycles. The molecule has 0 fully saturated rings. The molecular weight excluding hydrogens is 224 g/mol. The van der Waals surface area contributed by atoms with Crippen molar-refractivity contribution in [2.45, 2.75) is 13.0 Å². The lowest BCUT2D eigenvalue weighted by atomic mass is 10.1. The molecule has 3 nitrogen and oxygen atoms in total. The van der Waals surface area contributed by atoms with Gasteiger partial charge in [0, 0.05) is 23.6 Å². The summed E-state index contributed by atoms with van der Waals surface area (Å²) < 4.78 is 7.69. The number of hydrogen-bond acceptors (Lipinski definition) is 2. The average molecular weight is 241 g/mol. The van der Waals surface area contributed by atoms with Crippen LogP contribution in [0.3, 0.4) is 0 Å². The number of nitrogens with zero attached hydrogens (tertiary/aromatic N) is 1. The number of pyridine rings is 1. The van der Waals surface area contributed by atoms with Gasteiger partial charge in [-0.15, -0.1) is 0 Å². The van der Waals surface area contributed by atoms with E-state index in [0.717, 1.165) is 24.4 Å². The molecule has 0 atom stereocenters. The van der Waals surface area contributed by atoms with Gasteiger partial charge in [0.2, 0.25) is 0 Å². The number of methoxy groups -OCH3 is 1. The SMILES string of the molecule is COc1ccccc1-c1ccc2[n+](c1)CCCN2. The molecule has 3 heteroatoms. The third-order valence-corrected chi connectivity index (χ3v) is 3.33. The molecule has 2 aromatic rings. The number of ether oxygens (including phenoxy) is 1. The fraction of sp³-hybridized carbons (Fsp3) is 0.267. The van der Waals surface area contributed by atoms with Gasteiger partial charge in [-0.2, -0.15) is 0 Å². The van der Waals surface area contributed by atoms with Gasteiger partial charge in [-0.25, -0.2) is 4.57 Å². The average Bonchev–Trinajstić information content (AvgIpc) is 2.46. The van der Waals surface area contributed by atoms with Gasteiger partial charge in [-0.3, -0.25) is 5.32 Å². The molecule has 0 saturated heterocycles. The quantitative estimate of drug-likeness (QED) is 0.817. The van der Waals surface area contributed by atoms with Gasteiger partial charge in [0.25, 0.3) is 5.82 Å². The van der Waals surface area contributed by atoms with Crippen LogP contribution in [0, 0.1) is 0 Å². The number of para-hydroxylation sites is 1. The third-order valence-electron chi connectivity index (χ3n) is 3.33. The molecule has 0 radical (unpaired) electrons. The summed E-state index contributed by atoms with van der Waals surface area (Å²) in [6, 6.07) is 12.4. The highest BCUT2D eigenvalue weighted by Gasteiger charge is 2.16. The van der Waals surface area contributed by atoms with Crippen molar-refractivity contribution in [2.75, 3.05) is 19.0 Å². The first-order chi connectivity index (χ1) is 8.88. The van der Waals surface area contributed by atoms with Gasteiger partial charge in [-0.05, 0) is 12.1 Å². The molecule has 0 spiro atoms. The van der Waals surface area contributed by atoms with Gasteiger partial charge in [0.1, 0.15) is 5.75 Å². The Kier molecular flexibility index (Phi) is 2.89. The van der Waals surface area contributed by atoms with Crippen molar-refractivity contribution in [3.05, 3.63) is 42.6 Å². The zero-order chi connectivity index (χ0) is 12.4. The van der Waals surface area contributed by atoms with E-state index < -0.39 is 0 Å². The number of nitrogens with one attached hydrogen (secondary N) is 1. The Bertz CT molecular complexity index is 566. The predicted molar refractivity (Wildman–Crippen MR) is 71.7 cm³/mol. The summed E-state index contributed by atoms with van der Waals surface area (Å²) >= 11 is 0. The van der Waals surface area contributed by atoms with Crippen LogP contribution in [0.4, 0.5) is 5.82 Å². The molecule has 1 aromatic heterocycles. The summed E-state index contributed by atoms with van der Waals surface area (Å²) in [5, 5.41) is 3.40. The summed E-state index contributed by atoms with van der Waals surface area (Å²) in [4.78, 5) is 0. The van der Waals surface area contributed by atoms with Crippen LogP contribution in [0.25, 0.3) is 11.1 Å². The number of hydrogen-bond donors (Lipinski definition) is 1. The minimum absolute atomic E-state index is 0.918. The van der Waals surface area contributed by atoms with Crippen molar-refractivity contribution in [3.63, 3.8) is 0 Å². The number of anilines is 1. The molecule has 0 amide bonds. The minimum Gasteiger partial charge on any atom is -0.496 e. The van der Waals surface area contributed by atoms with Gasteiger partial charge < -0.3 is 4.74 Å². The number of aromatic nitrogens is 1. The summed E-state index contributed by atoms with van der Waals surface area (Å²) in [5.41, 5.74) is 2.33. The van der Waals surface area contributed by atoms with Gasteiger partial charge in [0.05, 0.1) is 26.4 Å². The molecule has 0 saturated carbocycles. The highest BCUT2D eigenvalue weighted by atomic mass is 16.5. The summed E-state index contributed by atoms with van der Waals surface area (Å²) in [6.45, 7) is 2.14. The molecule has 2 heterocycles. The Hall–Kier alpha value is -2.03. The minimum atomic E-state index is 0.918. The molecule has 1 aliphatic rings. The summed E-state index contributed by atoms with van der Waals surface area (Å²) in [6.07, 6.45) is 3.37. The largest absolute Gasteiger partial charge is 0.496 e. The summed E-state index contributed by atoms with van der Waals surface area (Å²) in [5.74, 6) is 2.11. The van der Waals surface area contributed by atoms with Gasteiger partial charge >= 0.3 is 0 Å². The number of rotatable bonds is 2. The zero-order valence-corrected chi connectivity index (χ0v) is 10.5. The molecule has 3 rings (SSSR count). The van der Waals surface area contributed by atoms with Gasteiger partial charge in [0.15, 0.2) is 0 Å². The van der Waals surface area contributed by atoms with E-state index >= 15 is 0 Å². The first-order valence-electron chi connectivity index (χ1n) is 6.29. The monoisotopic (exact) mass is 241 g/mol. The number of fused-ring (bicyclic) bond motifs is 1. The van der Waals surface area contributed by atoms with Crippen molar-refractivity contribution < 1.29 is 9.30 Å². The zero-order valence-electron chi connectivity index (χ0n) is 10.5. The first kappa shape index (κ1) is 11.1. The van der Waals surface area contributed by atoms with E-state index in [0.29, 0.717) is 0 Å². The van der Waals surface area contributed by atoms with E-state index in [1.54, 1.807) is 7.11 Å². The Morgan fingerprint density at radius 2 is 2.06 bits per heavy atom. The number of aryl methyl sites for hydroxylation is 1. The maximum atomic E-state index is 5.42. The Morgan fingerprint density at radius 3 is 2.94 bits per heavy atom. The predicted octanol–water partition coefficient (Wildman–Crippen LogP) is 2.47. The van der Waals surface area contributed by atoms with E-state index in [2.05, 4.69) is 34.3 Å². The summed E-state index contributed by atoms with van der Waals surface area (Å²) in [7, 11) is 1.71. The standard InChI is InChI=1S/C15H16N2O/c1-18-14-6-3-2-5-13(14)12-7-8-15-16-9-4-10-17(15)11-12/h2-3,5-8,11H,4,9-10H2,1H3/p+1. The third kappa shape index (κ3) is 1.92. The molecule has 1 aliphatic heterocycles. The van der Waals surface area contributed by atoms with Crippen molar-refractivity contribution in [1.29, 1.82) is 0 Å². The van der Waals surface area contributed by atoms with Crippen LogP contribution in [0.1, 0.15) is 6.42 Å². The second-order valence-corrected chi connectivity index (χ2v) is 4.48.